The summed E-state index contributed by atoms with van der Waals surface area (Å²) in [5.74, 6) is 0. The van der Waals surface area contributed by atoms with E-state index in [1.165, 1.54) is 5.56 Å². The Kier molecular flexibility index (Phi) is 3.02. The van der Waals surface area contributed by atoms with Gasteiger partial charge in [-0.3, -0.25) is 0 Å². The Labute approximate surface area is 121 Å². The van der Waals surface area contributed by atoms with Crippen molar-refractivity contribution in [1.29, 1.82) is 0 Å². The first-order valence-corrected chi connectivity index (χ1v) is 7.39. The molecule has 1 heterocycles. The minimum Gasteiger partial charge on any atom is -0.330 e. The highest BCUT2D eigenvalue weighted by Gasteiger charge is 2.45. The maximum atomic E-state index is 5.89. The summed E-state index contributed by atoms with van der Waals surface area (Å²) in [5, 5.41) is 4.77. The number of benzene rings is 1. The maximum absolute atomic E-state index is 5.89. The van der Waals surface area contributed by atoms with Crippen LogP contribution in [0.2, 0.25) is 0 Å². The van der Waals surface area contributed by atoms with E-state index in [1.807, 2.05) is 4.68 Å². The maximum Gasteiger partial charge on any atom is 0.0706 e. The fourth-order valence-corrected chi connectivity index (χ4v) is 2.79. The second-order valence-corrected chi connectivity index (χ2v) is 6.36. The largest absolute Gasteiger partial charge is 0.330 e. The lowest BCUT2D eigenvalue weighted by Gasteiger charge is -2.09. The minimum absolute atomic E-state index is 0.151. The van der Waals surface area contributed by atoms with Crippen molar-refractivity contribution < 1.29 is 0 Å². The fourth-order valence-electron chi connectivity index (χ4n) is 2.42. The topological polar surface area (TPSA) is 43.8 Å². The van der Waals surface area contributed by atoms with Crippen LogP contribution in [0.5, 0.6) is 0 Å². The number of nitrogens with two attached hydrogens (primary N) is 1. The SMILES string of the molecule is Cc1ccc(-n2nc(C3(CN)CC3)cc2C)cc1Br. The van der Waals surface area contributed by atoms with E-state index in [9.17, 15) is 0 Å². The highest BCUT2D eigenvalue weighted by atomic mass is 79.9. The Balaban J connectivity index is 2.03. The zero-order valence-corrected chi connectivity index (χ0v) is 12.9. The lowest BCUT2D eigenvalue weighted by atomic mass is 10.0. The first-order chi connectivity index (χ1) is 9.05. The monoisotopic (exact) mass is 319 g/mol. The first kappa shape index (κ1) is 12.9. The molecule has 3 rings (SSSR count). The third-order valence-electron chi connectivity index (χ3n) is 4.08. The molecule has 0 radical (unpaired) electrons. The van der Waals surface area contributed by atoms with Gasteiger partial charge in [-0.1, -0.05) is 22.0 Å². The average Bonchev–Trinajstić information content (AvgIpc) is 3.10. The molecule has 1 fully saturated rings. The predicted octanol–water partition coefficient (Wildman–Crippen LogP) is 3.24. The third kappa shape index (κ3) is 2.13. The van der Waals surface area contributed by atoms with E-state index in [0.717, 1.165) is 34.4 Å². The van der Waals surface area contributed by atoms with Gasteiger partial charge in [0.1, 0.15) is 0 Å². The number of nitrogens with zero attached hydrogens (tertiary/aromatic N) is 2. The van der Waals surface area contributed by atoms with Gasteiger partial charge < -0.3 is 5.73 Å². The molecule has 2 N–H and O–H groups in total. The van der Waals surface area contributed by atoms with Crippen LogP contribution in [0.25, 0.3) is 5.69 Å². The summed E-state index contributed by atoms with van der Waals surface area (Å²) in [6, 6.07) is 8.50. The molecule has 3 nitrogen and oxygen atoms in total. The molecule has 0 amide bonds. The van der Waals surface area contributed by atoms with Gasteiger partial charge in [0.2, 0.25) is 0 Å². The molecule has 0 unspecified atom stereocenters. The number of hydrogen-bond donors (Lipinski definition) is 1. The predicted molar refractivity (Wildman–Crippen MR) is 80.7 cm³/mol. The van der Waals surface area contributed by atoms with Gasteiger partial charge in [0.15, 0.2) is 0 Å². The molecule has 1 aliphatic carbocycles. The molecule has 0 saturated heterocycles. The van der Waals surface area contributed by atoms with Crippen LogP contribution in [0, 0.1) is 13.8 Å². The number of hydrogen-bond acceptors (Lipinski definition) is 2. The number of halogens is 1. The van der Waals surface area contributed by atoms with Crippen molar-refractivity contribution in [3.63, 3.8) is 0 Å². The number of rotatable bonds is 3. The van der Waals surface area contributed by atoms with Gasteiger partial charge in [0, 0.05) is 22.1 Å². The Morgan fingerprint density at radius 3 is 2.63 bits per heavy atom. The molecule has 0 spiro atoms. The summed E-state index contributed by atoms with van der Waals surface area (Å²) in [5.41, 5.74) is 10.7. The normalized spacial score (nSPS) is 16.6. The second kappa shape index (κ2) is 4.46. The van der Waals surface area contributed by atoms with E-state index in [0.29, 0.717) is 6.54 Å². The van der Waals surface area contributed by atoms with Gasteiger partial charge >= 0.3 is 0 Å². The molecule has 0 aliphatic heterocycles. The van der Waals surface area contributed by atoms with Crippen molar-refractivity contribution in [3.05, 3.63) is 45.7 Å². The van der Waals surface area contributed by atoms with Crippen molar-refractivity contribution in [2.45, 2.75) is 32.1 Å². The first-order valence-electron chi connectivity index (χ1n) is 6.59. The molecule has 1 aromatic carbocycles. The summed E-state index contributed by atoms with van der Waals surface area (Å²) in [7, 11) is 0. The van der Waals surface area contributed by atoms with Crippen LogP contribution in [0.15, 0.2) is 28.7 Å². The fraction of sp³-hybridized carbons (Fsp3) is 0.400. The molecule has 2 aromatic rings. The molecular formula is C15H18BrN3. The molecule has 100 valence electrons. The van der Waals surface area contributed by atoms with Gasteiger partial charge in [-0.2, -0.15) is 5.10 Å². The summed E-state index contributed by atoms with van der Waals surface area (Å²) in [4.78, 5) is 0. The van der Waals surface area contributed by atoms with Gasteiger partial charge in [-0.05, 0) is 50.5 Å². The number of aryl methyl sites for hydroxylation is 2. The third-order valence-corrected chi connectivity index (χ3v) is 4.93. The van der Waals surface area contributed by atoms with Crippen LogP contribution in [0.4, 0.5) is 0 Å². The minimum atomic E-state index is 0.151. The summed E-state index contributed by atoms with van der Waals surface area (Å²) in [6.45, 7) is 4.88. The van der Waals surface area contributed by atoms with E-state index < -0.39 is 0 Å². The molecule has 0 bridgehead atoms. The van der Waals surface area contributed by atoms with Crippen molar-refractivity contribution >= 4 is 15.9 Å². The highest BCUT2D eigenvalue weighted by molar-refractivity contribution is 9.10. The van der Waals surface area contributed by atoms with E-state index in [-0.39, 0.29) is 5.41 Å². The van der Waals surface area contributed by atoms with Crippen LogP contribution in [-0.2, 0) is 5.41 Å². The molecule has 19 heavy (non-hydrogen) atoms. The highest BCUT2D eigenvalue weighted by Crippen LogP contribution is 2.46. The Bertz CT molecular complexity index is 626. The van der Waals surface area contributed by atoms with Crippen molar-refractivity contribution in [3.8, 4) is 5.69 Å². The van der Waals surface area contributed by atoms with Gasteiger partial charge in [-0.25, -0.2) is 4.68 Å². The summed E-state index contributed by atoms with van der Waals surface area (Å²) < 4.78 is 3.12. The number of aromatic nitrogens is 2. The zero-order valence-electron chi connectivity index (χ0n) is 11.3. The van der Waals surface area contributed by atoms with Crippen LogP contribution < -0.4 is 5.73 Å². The van der Waals surface area contributed by atoms with Crippen molar-refractivity contribution in [1.82, 2.24) is 9.78 Å². The van der Waals surface area contributed by atoms with Gasteiger partial charge in [0.25, 0.3) is 0 Å². The van der Waals surface area contributed by atoms with E-state index in [4.69, 9.17) is 10.8 Å². The quantitative estimate of drug-likeness (QED) is 0.943. The van der Waals surface area contributed by atoms with Crippen LogP contribution in [0.1, 0.15) is 29.8 Å². The average molecular weight is 320 g/mol. The molecule has 1 saturated carbocycles. The van der Waals surface area contributed by atoms with E-state index in [2.05, 4.69) is 54.0 Å². The van der Waals surface area contributed by atoms with Crippen molar-refractivity contribution in [2.24, 2.45) is 5.73 Å². The van der Waals surface area contributed by atoms with E-state index in [1.54, 1.807) is 0 Å². The molecule has 0 atom stereocenters. The van der Waals surface area contributed by atoms with Crippen LogP contribution in [0.3, 0.4) is 0 Å². The lowest BCUT2D eigenvalue weighted by Crippen LogP contribution is -2.20. The standard InChI is InChI=1S/C15H18BrN3/c1-10-3-4-12(8-13(10)16)19-11(2)7-14(18-19)15(9-17)5-6-15/h3-4,7-8H,5-6,9,17H2,1-2H3. The lowest BCUT2D eigenvalue weighted by molar-refractivity contribution is 0.660. The van der Waals surface area contributed by atoms with Crippen LogP contribution in [-0.4, -0.2) is 16.3 Å². The van der Waals surface area contributed by atoms with Crippen molar-refractivity contribution in [2.75, 3.05) is 6.54 Å². The summed E-state index contributed by atoms with van der Waals surface area (Å²) >= 11 is 3.58. The Morgan fingerprint density at radius 1 is 1.32 bits per heavy atom. The Morgan fingerprint density at radius 2 is 2.05 bits per heavy atom. The molecular weight excluding hydrogens is 302 g/mol. The van der Waals surface area contributed by atoms with Gasteiger partial charge in [0.05, 0.1) is 11.4 Å². The molecule has 4 heteroatoms. The van der Waals surface area contributed by atoms with E-state index >= 15 is 0 Å². The van der Waals surface area contributed by atoms with Crippen LogP contribution >= 0.6 is 15.9 Å². The smallest absolute Gasteiger partial charge is 0.0706 e. The van der Waals surface area contributed by atoms with Gasteiger partial charge in [-0.15, -0.1) is 0 Å². The summed E-state index contributed by atoms with van der Waals surface area (Å²) in [6.07, 6.45) is 2.33. The second-order valence-electron chi connectivity index (χ2n) is 5.50. The zero-order chi connectivity index (χ0) is 13.6. The molecule has 1 aromatic heterocycles. The molecule has 1 aliphatic rings. The Hall–Kier alpha value is -1.13.